The molecule has 0 saturated carbocycles. The fraction of sp³-hybridized carbons (Fsp3) is 0.500. The van der Waals surface area contributed by atoms with Crippen LogP contribution in [0.5, 0.6) is 0 Å². The van der Waals surface area contributed by atoms with Crippen LogP contribution < -0.4 is 5.32 Å². The van der Waals surface area contributed by atoms with Crippen molar-refractivity contribution in [3.63, 3.8) is 0 Å². The summed E-state index contributed by atoms with van der Waals surface area (Å²) in [5.41, 5.74) is 1.80. The number of nitrogens with one attached hydrogen (secondary N) is 1. The van der Waals surface area contributed by atoms with Gasteiger partial charge in [-0.2, -0.15) is 0 Å². The first kappa shape index (κ1) is 14.0. The van der Waals surface area contributed by atoms with Crippen molar-refractivity contribution < 1.29 is 4.79 Å². The highest BCUT2D eigenvalue weighted by atomic mass is 35.5. The van der Waals surface area contributed by atoms with Gasteiger partial charge in [-0.15, -0.1) is 11.6 Å². The monoisotopic (exact) mass is 253 g/mol. The van der Waals surface area contributed by atoms with Crippen molar-refractivity contribution >= 4 is 17.5 Å². The number of alkyl halides is 1. The Hall–Kier alpha value is -1.02. The summed E-state index contributed by atoms with van der Waals surface area (Å²) in [5.74, 6) is 0.557. The maximum absolute atomic E-state index is 12.0. The van der Waals surface area contributed by atoms with Gasteiger partial charge in [0.25, 0.3) is 5.91 Å². The van der Waals surface area contributed by atoms with E-state index in [0.717, 1.165) is 17.5 Å². The first-order chi connectivity index (χ1) is 7.96. The Morgan fingerprint density at radius 2 is 1.94 bits per heavy atom. The number of hydrogen-bond donors (Lipinski definition) is 1. The smallest absolute Gasteiger partial charge is 0.251 e. The minimum atomic E-state index is -0.0274. The molecule has 2 nitrogen and oxygen atoms in total. The van der Waals surface area contributed by atoms with E-state index in [2.05, 4.69) is 26.1 Å². The van der Waals surface area contributed by atoms with Gasteiger partial charge < -0.3 is 5.32 Å². The summed E-state index contributed by atoms with van der Waals surface area (Å²) in [6.45, 7) is 6.95. The Morgan fingerprint density at radius 3 is 2.53 bits per heavy atom. The van der Waals surface area contributed by atoms with E-state index >= 15 is 0 Å². The molecule has 0 aliphatic rings. The minimum absolute atomic E-state index is 0.0133. The average Bonchev–Trinajstić information content (AvgIpc) is 2.28. The summed E-state index contributed by atoms with van der Waals surface area (Å²) in [6.07, 6.45) is 0.797. The Kier molecular flexibility index (Phi) is 5.01. The largest absolute Gasteiger partial charge is 0.352 e. The maximum Gasteiger partial charge on any atom is 0.251 e. The molecule has 0 spiro atoms. The zero-order chi connectivity index (χ0) is 12.9. The van der Waals surface area contributed by atoms with Crippen LogP contribution >= 0.6 is 11.6 Å². The molecule has 1 N–H and O–H groups in total. The van der Waals surface area contributed by atoms with Crippen molar-refractivity contribution in [2.45, 2.75) is 32.6 Å². The lowest BCUT2D eigenvalue weighted by atomic mass is 9.83. The van der Waals surface area contributed by atoms with Gasteiger partial charge in [0.15, 0.2) is 0 Å². The zero-order valence-corrected chi connectivity index (χ0v) is 11.5. The van der Waals surface area contributed by atoms with Gasteiger partial charge in [0.1, 0.15) is 0 Å². The van der Waals surface area contributed by atoms with Crippen molar-refractivity contribution in [1.29, 1.82) is 0 Å². The van der Waals surface area contributed by atoms with E-state index in [4.69, 9.17) is 11.6 Å². The van der Waals surface area contributed by atoms with Crippen molar-refractivity contribution in [3.05, 3.63) is 35.4 Å². The number of amides is 1. The molecular formula is C14H20ClNO. The third-order valence-corrected chi connectivity index (χ3v) is 2.84. The molecule has 0 unspecified atom stereocenters. The number of carbonyl (C=O) groups excluding carboxylic acids is 1. The molecule has 0 saturated heterocycles. The van der Waals surface area contributed by atoms with Crippen LogP contribution in [0.15, 0.2) is 24.3 Å². The summed E-state index contributed by atoms with van der Waals surface area (Å²) in [5, 5.41) is 2.89. The standard InChI is InChI=1S/C14H20ClNO/c1-14(2,3)12-8-5-4-7-11(12)13(17)16-10-6-9-15/h4-5,7-8H,6,9-10H2,1-3H3,(H,16,17). The topological polar surface area (TPSA) is 29.1 Å². The van der Waals surface area contributed by atoms with Gasteiger partial charge in [-0.25, -0.2) is 0 Å². The van der Waals surface area contributed by atoms with Crippen molar-refractivity contribution in [3.8, 4) is 0 Å². The molecule has 1 aromatic rings. The van der Waals surface area contributed by atoms with E-state index in [0.29, 0.717) is 12.4 Å². The molecule has 0 aliphatic heterocycles. The van der Waals surface area contributed by atoms with Crippen LogP contribution in [-0.4, -0.2) is 18.3 Å². The number of halogens is 1. The number of benzene rings is 1. The molecule has 94 valence electrons. The third kappa shape index (κ3) is 4.04. The SMILES string of the molecule is CC(C)(C)c1ccccc1C(=O)NCCCCl. The van der Waals surface area contributed by atoms with Crippen molar-refractivity contribution in [2.75, 3.05) is 12.4 Å². The van der Waals surface area contributed by atoms with E-state index in [9.17, 15) is 4.79 Å². The number of rotatable bonds is 4. The van der Waals surface area contributed by atoms with E-state index in [1.54, 1.807) is 0 Å². The zero-order valence-electron chi connectivity index (χ0n) is 10.7. The number of hydrogen-bond acceptors (Lipinski definition) is 1. The fourth-order valence-electron chi connectivity index (χ4n) is 1.70. The molecule has 17 heavy (non-hydrogen) atoms. The molecule has 1 aromatic carbocycles. The summed E-state index contributed by atoms with van der Waals surface area (Å²) in [7, 11) is 0. The molecule has 0 fully saturated rings. The van der Waals surface area contributed by atoms with Gasteiger partial charge in [0.2, 0.25) is 0 Å². The number of carbonyl (C=O) groups is 1. The van der Waals surface area contributed by atoms with E-state index in [1.165, 1.54) is 0 Å². The average molecular weight is 254 g/mol. The van der Waals surface area contributed by atoms with Crippen LogP contribution in [0.4, 0.5) is 0 Å². The fourth-order valence-corrected chi connectivity index (χ4v) is 1.83. The molecule has 0 aliphatic carbocycles. The summed E-state index contributed by atoms with van der Waals surface area (Å²) in [4.78, 5) is 12.0. The Labute approximate surface area is 108 Å². The molecule has 0 heterocycles. The highest BCUT2D eigenvalue weighted by Crippen LogP contribution is 2.25. The molecule has 1 rings (SSSR count). The van der Waals surface area contributed by atoms with Crippen molar-refractivity contribution in [2.24, 2.45) is 0 Å². The van der Waals surface area contributed by atoms with Crippen LogP contribution in [0.25, 0.3) is 0 Å². The van der Waals surface area contributed by atoms with Gasteiger partial charge in [0, 0.05) is 18.0 Å². The first-order valence-electron chi connectivity index (χ1n) is 5.90. The van der Waals surface area contributed by atoms with E-state index < -0.39 is 0 Å². The second-order valence-corrected chi connectivity index (χ2v) is 5.47. The van der Waals surface area contributed by atoms with Gasteiger partial charge >= 0.3 is 0 Å². The van der Waals surface area contributed by atoms with E-state index in [-0.39, 0.29) is 11.3 Å². The van der Waals surface area contributed by atoms with Crippen LogP contribution in [0.3, 0.4) is 0 Å². The Bertz CT molecular complexity index is 382. The van der Waals surface area contributed by atoms with Gasteiger partial charge in [-0.1, -0.05) is 39.0 Å². The Balaban J connectivity index is 2.86. The predicted molar refractivity (Wildman–Crippen MR) is 72.8 cm³/mol. The molecular weight excluding hydrogens is 234 g/mol. The highest BCUT2D eigenvalue weighted by Gasteiger charge is 2.20. The summed E-state index contributed by atoms with van der Waals surface area (Å²) < 4.78 is 0. The lowest BCUT2D eigenvalue weighted by molar-refractivity contribution is 0.0951. The maximum atomic E-state index is 12.0. The lowest BCUT2D eigenvalue weighted by Gasteiger charge is -2.22. The quantitative estimate of drug-likeness (QED) is 0.647. The summed E-state index contributed by atoms with van der Waals surface area (Å²) in [6, 6.07) is 7.74. The molecule has 1 amide bonds. The highest BCUT2D eigenvalue weighted by molar-refractivity contribution is 6.17. The lowest BCUT2D eigenvalue weighted by Crippen LogP contribution is -2.28. The second-order valence-electron chi connectivity index (χ2n) is 5.09. The Morgan fingerprint density at radius 1 is 1.29 bits per heavy atom. The first-order valence-corrected chi connectivity index (χ1v) is 6.44. The molecule has 3 heteroatoms. The van der Waals surface area contributed by atoms with Crippen LogP contribution in [0.1, 0.15) is 43.1 Å². The van der Waals surface area contributed by atoms with Crippen LogP contribution in [0, 0.1) is 0 Å². The third-order valence-electron chi connectivity index (χ3n) is 2.58. The second kappa shape index (κ2) is 6.06. The van der Waals surface area contributed by atoms with Gasteiger partial charge in [0.05, 0.1) is 0 Å². The predicted octanol–water partition coefficient (Wildman–Crippen LogP) is 3.34. The van der Waals surface area contributed by atoms with E-state index in [1.807, 2.05) is 24.3 Å². The summed E-state index contributed by atoms with van der Waals surface area (Å²) >= 11 is 5.58. The molecule has 0 atom stereocenters. The van der Waals surface area contributed by atoms with Crippen molar-refractivity contribution in [1.82, 2.24) is 5.32 Å². The van der Waals surface area contributed by atoms with Gasteiger partial charge in [-0.3, -0.25) is 4.79 Å². The van der Waals surface area contributed by atoms with Crippen LogP contribution in [-0.2, 0) is 5.41 Å². The normalized spacial score (nSPS) is 11.3. The van der Waals surface area contributed by atoms with Gasteiger partial charge in [-0.05, 0) is 23.5 Å². The molecule has 0 aromatic heterocycles. The molecule has 0 radical (unpaired) electrons. The van der Waals surface area contributed by atoms with Crippen LogP contribution in [0.2, 0.25) is 0 Å². The molecule has 0 bridgehead atoms. The minimum Gasteiger partial charge on any atom is -0.352 e.